The molecule has 0 bridgehead atoms. The Morgan fingerprint density at radius 2 is 1.72 bits per heavy atom. The van der Waals surface area contributed by atoms with Gasteiger partial charge in [-0.2, -0.15) is 0 Å². The molecule has 2 aromatic carbocycles. The van der Waals surface area contributed by atoms with Gasteiger partial charge < -0.3 is 16.0 Å². The summed E-state index contributed by atoms with van der Waals surface area (Å²) in [5.41, 5.74) is 2.45. The smallest absolute Gasteiger partial charge is 0.255 e. The van der Waals surface area contributed by atoms with E-state index < -0.39 is 6.04 Å². The van der Waals surface area contributed by atoms with Gasteiger partial charge in [-0.3, -0.25) is 4.79 Å². The zero-order valence-corrected chi connectivity index (χ0v) is 15.6. The molecule has 0 radical (unpaired) electrons. The van der Waals surface area contributed by atoms with Crippen LogP contribution in [0.1, 0.15) is 18.5 Å². The van der Waals surface area contributed by atoms with Crippen molar-refractivity contribution in [3.63, 3.8) is 0 Å². The minimum Gasteiger partial charge on any atom is -0.351 e. The van der Waals surface area contributed by atoms with Crippen LogP contribution in [0.3, 0.4) is 0 Å². The Kier molecular flexibility index (Phi) is 5.27. The zero-order chi connectivity index (χ0) is 18.0. The van der Waals surface area contributed by atoms with E-state index in [1.54, 1.807) is 25.1 Å². The average molecular weight is 392 g/mol. The van der Waals surface area contributed by atoms with Gasteiger partial charge in [-0.25, -0.2) is 0 Å². The van der Waals surface area contributed by atoms with Gasteiger partial charge in [-0.1, -0.05) is 47.5 Å². The van der Waals surface area contributed by atoms with Crippen LogP contribution in [-0.4, -0.2) is 11.0 Å². The van der Waals surface area contributed by atoms with Crippen molar-refractivity contribution in [2.75, 3.05) is 5.32 Å². The fourth-order valence-electron chi connectivity index (χ4n) is 2.72. The highest BCUT2D eigenvalue weighted by molar-refractivity contribution is 7.80. The number of allylic oxidation sites excluding steroid dienone is 1. The first kappa shape index (κ1) is 17.7. The standard InChI is InChI=1S/C18H15Cl2N3OS/c1-10-14(17(24)22-11-6-3-2-4-7-11)16(23-18(25)21-10)15-12(19)8-5-9-13(15)20/h2-9,16H,1H3,(H,22,24)(H2,21,23,25)/t16-/m0/s1. The molecule has 0 fully saturated rings. The second-order valence-corrected chi connectivity index (χ2v) is 6.75. The molecule has 4 nitrogen and oxygen atoms in total. The second kappa shape index (κ2) is 7.44. The number of thiocarbonyl (C=S) groups is 1. The third kappa shape index (κ3) is 3.79. The summed E-state index contributed by atoms with van der Waals surface area (Å²) in [5.74, 6) is -0.257. The van der Waals surface area contributed by atoms with Gasteiger partial charge in [-0.15, -0.1) is 0 Å². The Bertz CT molecular complexity index is 848. The number of halogens is 2. The number of hydrogen-bond acceptors (Lipinski definition) is 2. The van der Waals surface area contributed by atoms with Crippen molar-refractivity contribution in [1.82, 2.24) is 10.6 Å². The van der Waals surface area contributed by atoms with Crippen LogP contribution in [0.15, 0.2) is 59.8 Å². The summed E-state index contributed by atoms with van der Waals surface area (Å²) in [6, 6.07) is 13.9. The number of para-hydroxylation sites is 1. The molecule has 1 amide bonds. The first-order valence-corrected chi connectivity index (χ1v) is 8.72. The van der Waals surface area contributed by atoms with Gasteiger partial charge in [0, 0.05) is 27.0 Å². The van der Waals surface area contributed by atoms with Gasteiger partial charge in [-0.05, 0) is 43.4 Å². The summed E-state index contributed by atoms with van der Waals surface area (Å²) < 4.78 is 0. The molecule has 0 aliphatic carbocycles. The molecule has 2 aromatic rings. The Balaban J connectivity index is 2.02. The zero-order valence-electron chi connectivity index (χ0n) is 13.3. The van der Waals surface area contributed by atoms with E-state index in [-0.39, 0.29) is 5.91 Å². The minimum absolute atomic E-state index is 0.257. The van der Waals surface area contributed by atoms with Crippen molar-refractivity contribution in [2.45, 2.75) is 13.0 Å². The number of rotatable bonds is 3. The van der Waals surface area contributed by atoms with Gasteiger partial charge in [0.15, 0.2) is 5.11 Å². The van der Waals surface area contributed by atoms with Crippen molar-refractivity contribution in [2.24, 2.45) is 0 Å². The van der Waals surface area contributed by atoms with Gasteiger partial charge in [0.1, 0.15) is 0 Å². The molecular formula is C18H15Cl2N3OS. The van der Waals surface area contributed by atoms with Crippen LogP contribution < -0.4 is 16.0 Å². The fraction of sp³-hybridized carbons (Fsp3) is 0.111. The monoisotopic (exact) mass is 391 g/mol. The van der Waals surface area contributed by atoms with E-state index >= 15 is 0 Å². The third-order valence-corrected chi connectivity index (χ3v) is 4.71. The highest BCUT2D eigenvalue weighted by Crippen LogP contribution is 2.36. The number of nitrogens with one attached hydrogen (secondary N) is 3. The average Bonchev–Trinajstić information content (AvgIpc) is 2.55. The van der Waals surface area contributed by atoms with E-state index in [9.17, 15) is 4.79 Å². The van der Waals surface area contributed by atoms with Crippen LogP contribution in [0.5, 0.6) is 0 Å². The molecule has 0 aromatic heterocycles. The van der Waals surface area contributed by atoms with Crippen molar-refractivity contribution in [3.05, 3.63) is 75.4 Å². The lowest BCUT2D eigenvalue weighted by molar-refractivity contribution is -0.113. The number of benzene rings is 2. The Morgan fingerprint density at radius 1 is 1.08 bits per heavy atom. The maximum Gasteiger partial charge on any atom is 0.255 e. The number of carbonyl (C=O) groups excluding carboxylic acids is 1. The first-order valence-electron chi connectivity index (χ1n) is 7.56. The van der Waals surface area contributed by atoms with Gasteiger partial charge in [0.05, 0.1) is 11.6 Å². The van der Waals surface area contributed by atoms with Crippen LogP contribution in [0.4, 0.5) is 5.69 Å². The highest BCUT2D eigenvalue weighted by atomic mass is 35.5. The molecule has 1 atom stereocenters. The molecule has 0 spiro atoms. The molecule has 1 aliphatic rings. The molecule has 1 heterocycles. The van der Waals surface area contributed by atoms with Gasteiger partial charge in [0.25, 0.3) is 5.91 Å². The molecule has 0 saturated carbocycles. The lowest BCUT2D eigenvalue weighted by Crippen LogP contribution is -2.46. The maximum atomic E-state index is 12.9. The minimum atomic E-state index is -0.543. The highest BCUT2D eigenvalue weighted by Gasteiger charge is 2.32. The molecule has 25 heavy (non-hydrogen) atoms. The predicted molar refractivity (Wildman–Crippen MR) is 106 cm³/mol. The Hall–Kier alpha value is -2.08. The SMILES string of the molecule is CC1=C(C(=O)Nc2ccccc2)[C@@H](c2c(Cl)cccc2Cl)NC(=S)N1. The summed E-state index contributed by atoms with van der Waals surface area (Å²) in [6.07, 6.45) is 0. The van der Waals surface area contributed by atoms with Crippen LogP contribution in [0, 0.1) is 0 Å². The summed E-state index contributed by atoms with van der Waals surface area (Å²) in [4.78, 5) is 12.9. The molecular weight excluding hydrogens is 377 g/mol. The predicted octanol–water partition coefficient (Wildman–Crippen LogP) is 4.42. The molecule has 3 N–H and O–H groups in total. The van der Waals surface area contributed by atoms with E-state index in [0.717, 1.165) is 0 Å². The first-order chi connectivity index (χ1) is 12.0. The molecule has 0 unspecified atom stereocenters. The second-order valence-electron chi connectivity index (χ2n) is 5.53. The van der Waals surface area contributed by atoms with E-state index in [4.69, 9.17) is 35.4 Å². The van der Waals surface area contributed by atoms with Crippen molar-refractivity contribution < 1.29 is 4.79 Å². The molecule has 0 saturated heterocycles. The van der Waals surface area contributed by atoms with Crippen LogP contribution >= 0.6 is 35.4 Å². The molecule has 3 rings (SSSR count). The number of anilines is 1. The van der Waals surface area contributed by atoms with Crippen molar-refractivity contribution in [3.8, 4) is 0 Å². The largest absolute Gasteiger partial charge is 0.351 e. The van der Waals surface area contributed by atoms with Crippen molar-refractivity contribution in [1.29, 1.82) is 0 Å². The molecule has 7 heteroatoms. The number of carbonyl (C=O) groups is 1. The summed E-state index contributed by atoms with van der Waals surface area (Å²) in [6.45, 7) is 1.80. The van der Waals surface area contributed by atoms with Crippen molar-refractivity contribution >= 4 is 52.1 Å². The van der Waals surface area contributed by atoms with E-state index in [2.05, 4.69) is 16.0 Å². The van der Waals surface area contributed by atoms with E-state index in [1.807, 2.05) is 30.3 Å². The molecule has 128 valence electrons. The van der Waals surface area contributed by atoms with Crippen LogP contribution in [0.2, 0.25) is 10.0 Å². The van der Waals surface area contributed by atoms with Gasteiger partial charge >= 0.3 is 0 Å². The quantitative estimate of drug-likeness (QED) is 0.677. The lowest BCUT2D eigenvalue weighted by Gasteiger charge is -2.31. The maximum absolute atomic E-state index is 12.9. The topological polar surface area (TPSA) is 53.2 Å². The normalized spacial score (nSPS) is 16.9. The van der Waals surface area contributed by atoms with E-state index in [0.29, 0.717) is 37.7 Å². The summed E-state index contributed by atoms with van der Waals surface area (Å²) in [7, 11) is 0. The van der Waals surface area contributed by atoms with E-state index in [1.165, 1.54) is 0 Å². The number of hydrogen-bond donors (Lipinski definition) is 3. The third-order valence-electron chi connectivity index (χ3n) is 3.83. The van der Waals surface area contributed by atoms with Gasteiger partial charge in [0.2, 0.25) is 0 Å². The lowest BCUT2D eigenvalue weighted by atomic mass is 9.94. The van der Waals surface area contributed by atoms with Crippen LogP contribution in [0.25, 0.3) is 0 Å². The van der Waals surface area contributed by atoms with Crippen LogP contribution in [-0.2, 0) is 4.79 Å². The Morgan fingerprint density at radius 3 is 2.36 bits per heavy atom. The fourth-order valence-corrected chi connectivity index (χ4v) is 3.60. The number of amides is 1. The Labute approximate surface area is 161 Å². The molecule has 1 aliphatic heterocycles. The summed E-state index contributed by atoms with van der Waals surface area (Å²) >= 11 is 17.9. The summed E-state index contributed by atoms with van der Waals surface area (Å²) in [5, 5.41) is 10.3.